The van der Waals surface area contributed by atoms with Crippen molar-refractivity contribution in [2.45, 2.75) is 46.5 Å². The lowest BCUT2D eigenvalue weighted by Crippen LogP contribution is -2.40. The van der Waals surface area contributed by atoms with Gasteiger partial charge in [-0.05, 0) is 37.8 Å². The van der Waals surface area contributed by atoms with Gasteiger partial charge in [0.2, 0.25) is 5.91 Å². The van der Waals surface area contributed by atoms with E-state index in [0.717, 1.165) is 0 Å². The molecule has 9 nitrogen and oxygen atoms in total. The van der Waals surface area contributed by atoms with Crippen LogP contribution in [0, 0.1) is 11.8 Å². The van der Waals surface area contributed by atoms with E-state index in [2.05, 4.69) is 29.0 Å². The van der Waals surface area contributed by atoms with E-state index in [-0.39, 0.29) is 41.9 Å². The predicted molar refractivity (Wildman–Crippen MR) is 123 cm³/mol. The number of nitrogens with zero attached hydrogens (tertiary/aromatic N) is 3. The molecule has 33 heavy (non-hydrogen) atoms. The van der Waals surface area contributed by atoms with Crippen LogP contribution in [0.2, 0.25) is 0 Å². The van der Waals surface area contributed by atoms with Crippen LogP contribution in [0.25, 0.3) is 11.4 Å². The fraction of sp³-hybridized carbons (Fsp3) is 0.542. The monoisotopic (exact) mass is 456 g/mol. The minimum absolute atomic E-state index is 0.0578. The number of ether oxygens (including phenoxy) is 2. The summed E-state index contributed by atoms with van der Waals surface area (Å²) in [5.41, 5.74) is 0.566. The number of aryl methyl sites for hydroxylation is 1. The van der Waals surface area contributed by atoms with Crippen LogP contribution in [0.1, 0.15) is 45.7 Å². The molecule has 1 aromatic heterocycles. The Morgan fingerprint density at radius 2 is 1.97 bits per heavy atom. The van der Waals surface area contributed by atoms with Gasteiger partial charge >= 0.3 is 5.97 Å². The number of piperidine rings is 1. The van der Waals surface area contributed by atoms with Gasteiger partial charge in [-0.15, -0.1) is 10.2 Å². The van der Waals surface area contributed by atoms with Gasteiger partial charge in [-0.1, -0.05) is 26.0 Å². The van der Waals surface area contributed by atoms with Crippen LogP contribution in [0.5, 0.6) is 5.75 Å². The standard InChI is InChI=1S/C24H32N4O5/c1-4-32-24(31)17-10-12-28(13-11-17)21(29)9-8-20-23(30)25-22(27-26-20)18-6-5-7-19(14-18)33-15-16(2)3/h5-7,14,16-17H,4,8-13,15H2,1-3H3,(H,25,27,30). The third-order valence-electron chi connectivity index (χ3n) is 5.50. The first kappa shape index (κ1) is 24.4. The maximum Gasteiger partial charge on any atom is 0.309 e. The molecule has 0 saturated carbocycles. The molecule has 0 aliphatic carbocycles. The van der Waals surface area contributed by atoms with Crippen molar-refractivity contribution in [3.63, 3.8) is 0 Å². The number of amides is 1. The highest BCUT2D eigenvalue weighted by molar-refractivity contribution is 5.77. The number of rotatable bonds is 9. The third-order valence-corrected chi connectivity index (χ3v) is 5.50. The number of benzene rings is 1. The Balaban J connectivity index is 1.55. The van der Waals surface area contributed by atoms with Crippen molar-refractivity contribution in [1.82, 2.24) is 20.1 Å². The SMILES string of the molecule is CCOC(=O)C1CCN(C(=O)CCc2nnc(-c3cccc(OCC(C)C)c3)[nH]c2=O)CC1. The molecule has 9 heteroatoms. The summed E-state index contributed by atoms with van der Waals surface area (Å²) < 4.78 is 10.8. The summed E-state index contributed by atoms with van der Waals surface area (Å²) in [6.07, 6.45) is 1.57. The average Bonchev–Trinajstić information content (AvgIpc) is 2.82. The number of esters is 1. The van der Waals surface area contributed by atoms with E-state index >= 15 is 0 Å². The Kier molecular flexibility index (Phi) is 8.57. The molecule has 1 N–H and O–H groups in total. The molecule has 1 aliphatic heterocycles. The molecule has 2 heterocycles. The second kappa shape index (κ2) is 11.6. The van der Waals surface area contributed by atoms with Crippen LogP contribution in [0.4, 0.5) is 0 Å². The highest BCUT2D eigenvalue weighted by atomic mass is 16.5. The van der Waals surface area contributed by atoms with Crippen molar-refractivity contribution in [3.8, 4) is 17.1 Å². The maximum absolute atomic E-state index is 12.6. The number of nitrogens with one attached hydrogen (secondary N) is 1. The number of likely N-dealkylation sites (tertiary alicyclic amines) is 1. The first-order chi connectivity index (χ1) is 15.9. The number of aromatic nitrogens is 3. The number of hydrogen-bond donors (Lipinski definition) is 1. The summed E-state index contributed by atoms with van der Waals surface area (Å²) in [6, 6.07) is 7.33. The van der Waals surface area contributed by atoms with E-state index in [9.17, 15) is 14.4 Å². The molecule has 1 aromatic carbocycles. The molecule has 0 radical (unpaired) electrons. The Morgan fingerprint density at radius 3 is 2.64 bits per heavy atom. The number of aromatic amines is 1. The number of hydrogen-bond acceptors (Lipinski definition) is 7. The van der Waals surface area contributed by atoms with Gasteiger partial charge in [0.25, 0.3) is 5.56 Å². The second-order valence-corrected chi connectivity index (χ2v) is 8.59. The molecule has 1 fully saturated rings. The zero-order chi connectivity index (χ0) is 23.8. The lowest BCUT2D eigenvalue weighted by molar-refractivity contribution is -0.151. The summed E-state index contributed by atoms with van der Waals surface area (Å²) in [5, 5.41) is 8.21. The quantitative estimate of drug-likeness (QED) is 0.577. The van der Waals surface area contributed by atoms with Crippen molar-refractivity contribution < 1.29 is 19.1 Å². The topological polar surface area (TPSA) is 114 Å². The smallest absolute Gasteiger partial charge is 0.309 e. The van der Waals surface area contributed by atoms with E-state index in [4.69, 9.17) is 9.47 Å². The van der Waals surface area contributed by atoms with Gasteiger partial charge in [-0.3, -0.25) is 14.4 Å². The van der Waals surface area contributed by atoms with Crippen molar-refractivity contribution in [2.24, 2.45) is 11.8 Å². The minimum Gasteiger partial charge on any atom is -0.493 e. The normalized spacial score (nSPS) is 14.4. The molecule has 0 spiro atoms. The summed E-state index contributed by atoms with van der Waals surface area (Å²) in [6.45, 7) is 7.91. The Hall–Kier alpha value is -3.23. The fourth-order valence-electron chi connectivity index (χ4n) is 3.66. The summed E-state index contributed by atoms with van der Waals surface area (Å²) in [5.74, 6) is 1.06. The lowest BCUT2D eigenvalue weighted by Gasteiger charge is -2.30. The predicted octanol–water partition coefficient (Wildman–Crippen LogP) is 2.60. The molecular weight excluding hydrogens is 424 g/mol. The molecule has 0 atom stereocenters. The molecule has 3 rings (SSSR count). The molecule has 1 aliphatic rings. The van der Waals surface area contributed by atoms with Crippen molar-refractivity contribution in [3.05, 3.63) is 40.3 Å². The zero-order valence-electron chi connectivity index (χ0n) is 19.5. The maximum atomic E-state index is 12.6. The Bertz CT molecular complexity index is 1010. The minimum atomic E-state index is -0.359. The number of H-pyrrole nitrogens is 1. The van der Waals surface area contributed by atoms with Gasteiger partial charge in [0.15, 0.2) is 5.82 Å². The molecule has 2 aromatic rings. The average molecular weight is 457 g/mol. The van der Waals surface area contributed by atoms with Gasteiger partial charge in [0, 0.05) is 31.5 Å². The number of carbonyl (C=O) groups excluding carboxylic acids is 2. The zero-order valence-corrected chi connectivity index (χ0v) is 19.5. The van der Waals surface area contributed by atoms with Crippen LogP contribution in [0.3, 0.4) is 0 Å². The van der Waals surface area contributed by atoms with Gasteiger partial charge in [0.1, 0.15) is 11.4 Å². The third kappa shape index (κ3) is 6.87. The van der Waals surface area contributed by atoms with Crippen LogP contribution < -0.4 is 10.3 Å². The molecule has 1 saturated heterocycles. The van der Waals surface area contributed by atoms with Gasteiger partial charge < -0.3 is 19.4 Å². The molecule has 1 amide bonds. The van der Waals surface area contributed by atoms with E-state index < -0.39 is 0 Å². The van der Waals surface area contributed by atoms with Crippen molar-refractivity contribution >= 4 is 11.9 Å². The van der Waals surface area contributed by atoms with Crippen LogP contribution in [0.15, 0.2) is 29.1 Å². The van der Waals surface area contributed by atoms with Gasteiger partial charge in [0.05, 0.1) is 19.1 Å². The first-order valence-corrected chi connectivity index (χ1v) is 11.5. The van der Waals surface area contributed by atoms with E-state index in [1.54, 1.807) is 11.8 Å². The Labute approximate surface area is 193 Å². The van der Waals surface area contributed by atoms with Crippen LogP contribution >= 0.6 is 0 Å². The summed E-state index contributed by atoms with van der Waals surface area (Å²) in [7, 11) is 0. The van der Waals surface area contributed by atoms with Crippen molar-refractivity contribution in [2.75, 3.05) is 26.3 Å². The second-order valence-electron chi connectivity index (χ2n) is 8.59. The summed E-state index contributed by atoms with van der Waals surface area (Å²) >= 11 is 0. The van der Waals surface area contributed by atoms with Crippen LogP contribution in [-0.2, 0) is 20.7 Å². The van der Waals surface area contributed by atoms with E-state index in [1.807, 2.05) is 24.3 Å². The first-order valence-electron chi connectivity index (χ1n) is 11.5. The summed E-state index contributed by atoms with van der Waals surface area (Å²) in [4.78, 5) is 41.4. The highest BCUT2D eigenvalue weighted by Gasteiger charge is 2.28. The highest BCUT2D eigenvalue weighted by Crippen LogP contribution is 2.21. The Morgan fingerprint density at radius 1 is 1.21 bits per heavy atom. The van der Waals surface area contributed by atoms with Gasteiger partial charge in [-0.25, -0.2) is 0 Å². The largest absolute Gasteiger partial charge is 0.493 e. The van der Waals surface area contributed by atoms with Crippen LogP contribution in [-0.4, -0.2) is 58.3 Å². The van der Waals surface area contributed by atoms with E-state index in [0.29, 0.717) is 62.2 Å². The molecule has 0 unspecified atom stereocenters. The fourth-order valence-corrected chi connectivity index (χ4v) is 3.66. The van der Waals surface area contributed by atoms with E-state index in [1.165, 1.54) is 0 Å². The lowest BCUT2D eigenvalue weighted by atomic mass is 9.96. The molecular formula is C24H32N4O5. The molecule has 178 valence electrons. The van der Waals surface area contributed by atoms with Gasteiger partial charge in [-0.2, -0.15) is 0 Å². The van der Waals surface area contributed by atoms with Crippen molar-refractivity contribution in [1.29, 1.82) is 0 Å². The number of carbonyl (C=O) groups is 2. The molecule has 0 bridgehead atoms.